The molecule has 0 unspecified atom stereocenters. The maximum Gasteiger partial charge on any atom is 0.416 e. The minimum atomic E-state index is -4.75. The van der Waals surface area contributed by atoms with Crippen molar-refractivity contribution in [1.29, 1.82) is 0 Å². The second kappa shape index (κ2) is 13.2. The Morgan fingerprint density at radius 1 is 0.927 bits per heavy atom. The van der Waals surface area contributed by atoms with Crippen LogP contribution in [0.2, 0.25) is 0 Å². The van der Waals surface area contributed by atoms with Gasteiger partial charge in [0.15, 0.2) is 0 Å². The summed E-state index contributed by atoms with van der Waals surface area (Å²) < 4.78 is 80.9. The maximum absolute atomic E-state index is 14.7. The Bertz CT molecular complexity index is 1460. The number of nitrogens with zero attached hydrogens (tertiary/aromatic N) is 2. The molecule has 0 aliphatic heterocycles. The van der Waals surface area contributed by atoms with Crippen molar-refractivity contribution in [2.45, 2.75) is 45.1 Å². The fourth-order valence-electron chi connectivity index (χ4n) is 4.20. The Morgan fingerprint density at radius 3 is 2.15 bits per heavy atom. The summed E-state index contributed by atoms with van der Waals surface area (Å²) in [6.07, 6.45) is -3.98. The lowest BCUT2D eigenvalue weighted by atomic mass is 10.0. The van der Waals surface area contributed by atoms with E-state index in [-0.39, 0.29) is 23.7 Å². The molecule has 220 valence electrons. The zero-order chi connectivity index (χ0) is 30.4. The highest BCUT2D eigenvalue weighted by Gasteiger charge is 2.35. The van der Waals surface area contributed by atoms with Gasteiger partial charge in [-0.2, -0.15) is 13.2 Å². The molecule has 2 amide bonds. The second-order valence-electron chi connectivity index (χ2n) is 9.80. The van der Waals surface area contributed by atoms with E-state index in [4.69, 9.17) is 0 Å². The average Bonchev–Trinajstić information content (AvgIpc) is 2.89. The molecule has 41 heavy (non-hydrogen) atoms. The molecule has 3 aromatic carbocycles. The third kappa shape index (κ3) is 8.78. The highest BCUT2D eigenvalue weighted by Crippen LogP contribution is 2.32. The van der Waals surface area contributed by atoms with Gasteiger partial charge < -0.3 is 10.2 Å². The van der Waals surface area contributed by atoms with Crippen LogP contribution in [-0.4, -0.2) is 50.0 Å². The van der Waals surface area contributed by atoms with E-state index < -0.39 is 58.5 Å². The lowest BCUT2D eigenvalue weighted by Gasteiger charge is -2.34. The number of amides is 2. The molecular weight excluding hydrogens is 562 g/mol. The molecule has 3 rings (SSSR count). The van der Waals surface area contributed by atoms with Crippen molar-refractivity contribution in [2.75, 3.05) is 17.1 Å². The number of rotatable bonds is 11. The molecule has 0 aromatic heterocycles. The predicted molar refractivity (Wildman–Crippen MR) is 148 cm³/mol. The SMILES string of the molecule is CC(C)NC(=O)[C@H](Cc1ccccc1)N(Cc1ccccc1F)C(=O)CN(c1cccc(C(F)(F)F)c1)S(C)(=O)=O. The Labute approximate surface area is 236 Å². The van der Waals surface area contributed by atoms with Crippen molar-refractivity contribution >= 4 is 27.5 Å². The molecule has 0 spiro atoms. The van der Waals surface area contributed by atoms with E-state index in [1.807, 2.05) is 0 Å². The number of benzene rings is 3. The van der Waals surface area contributed by atoms with E-state index in [0.29, 0.717) is 15.9 Å². The number of alkyl halides is 3. The number of hydrogen-bond acceptors (Lipinski definition) is 4. The number of carbonyl (C=O) groups is 2. The van der Waals surface area contributed by atoms with Crippen molar-refractivity contribution in [1.82, 2.24) is 10.2 Å². The number of anilines is 1. The van der Waals surface area contributed by atoms with Gasteiger partial charge in [-0.3, -0.25) is 13.9 Å². The summed E-state index contributed by atoms with van der Waals surface area (Å²) in [4.78, 5) is 28.4. The molecule has 0 aliphatic carbocycles. The van der Waals surface area contributed by atoms with Crippen LogP contribution in [0.25, 0.3) is 0 Å². The molecular formula is C29H31F4N3O4S. The minimum absolute atomic E-state index is 0.0159. The van der Waals surface area contributed by atoms with E-state index in [2.05, 4.69) is 5.32 Å². The number of nitrogens with one attached hydrogen (secondary N) is 1. The Hall–Kier alpha value is -3.93. The quantitative estimate of drug-likeness (QED) is 0.325. The minimum Gasteiger partial charge on any atom is -0.352 e. The number of sulfonamides is 1. The molecule has 0 radical (unpaired) electrons. The summed E-state index contributed by atoms with van der Waals surface area (Å²) in [6.45, 7) is 2.13. The second-order valence-corrected chi connectivity index (χ2v) is 11.7. The third-order valence-electron chi connectivity index (χ3n) is 6.14. The topological polar surface area (TPSA) is 86.8 Å². The van der Waals surface area contributed by atoms with Gasteiger partial charge in [0.1, 0.15) is 18.4 Å². The summed E-state index contributed by atoms with van der Waals surface area (Å²) in [5.74, 6) is -2.11. The van der Waals surface area contributed by atoms with Gasteiger partial charge in [-0.25, -0.2) is 12.8 Å². The molecule has 0 bridgehead atoms. The molecule has 7 nitrogen and oxygen atoms in total. The summed E-state index contributed by atoms with van der Waals surface area (Å²) in [5, 5.41) is 2.75. The summed E-state index contributed by atoms with van der Waals surface area (Å²) in [5.41, 5.74) is -0.729. The zero-order valence-corrected chi connectivity index (χ0v) is 23.5. The van der Waals surface area contributed by atoms with Crippen molar-refractivity contribution in [3.8, 4) is 0 Å². The zero-order valence-electron chi connectivity index (χ0n) is 22.7. The van der Waals surface area contributed by atoms with E-state index in [0.717, 1.165) is 29.4 Å². The third-order valence-corrected chi connectivity index (χ3v) is 7.28. The van der Waals surface area contributed by atoms with Crippen LogP contribution >= 0.6 is 0 Å². The van der Waals surface area contributed by atoms with Crippen LogP contribution in [0, 0.1) is 5.82 Å². The Morgan fingerprint density at radius 2 is 1.56 bits per heavy atom. The van der Waals surface area contributed by atoms with Crippen LogP contribution in [0.3, 0.4) is 0 Å². The van der Waals surface area contributed by atoms with Crippen LogP contribution < -0.4 is 9.62 Å². The van der Waals surface area contributed by atoms with Gasteiger partial charge in [0.25, 0.3) is 0 Å². The maximum atomic E-state index is 14.7. The first-order valence-corrected chi connectivity index (χ1v) is 14.5. The van der Waals surface area contributed by atoms with E-state index >= 15 is 0 Å². The molecule has 0 aliphatic rings. The van der Waals surface area contributed by atoms with Gasteiger partial charge in [0.2, 0.25) is 21.8 Å². The van der Waals surface area contributed by atoms with E-state index in [1.54, 1.807) is 50.2 Å². The number of carbonyl (C=O) groups excluding carboxylic acids is 2. The molecule has 0 fully saturated rings. The highest BCUT2D eigenvalue weighted by atomic mass is 32.2. The number of hydrogen-bond donors (Lipinski definition) is 1. The van der Waals surface area contributed by atoms with Gasteiger partial charge in [0.05, 0.1) is 17.5 Å². The van der Waals surface area contributed by atoms with Crippen LogP contribution in [-0.2, 0) is 38.8 Å². The highest BCUT2D eigenvalue weighted by molar-refractivity contribution is 7.92. The smallest absolute Gasteiger partial charge is 0.352 e. The molecule has 3 aromatic rings. The van der Waals surface area contributed by atoms with Crippen LogP contribution in [0.15, 0.2) is 78.9 Å². The summed E-state index contributed by atoms with van der Waals surface area (Å²) in [7, 11) is -4.27. The summed E-state index contributed by atoms with van der Waals surface area (Å²) in [6, 6.07) is 16.4. The Kier molecular flexibility index (Phi) is 10.1. The monoisotopic (exact) mass is 593 g/mol. The van der Waals surface area contributed by atoms with Crippen molar-refractivity contribution in [3.63, 3.8) is 0 Å². The standard InChI is InChI=1S/C29H31F4N3O4S/c1-20(2)34-28(38)26(16-21-10-5-4-6-11-21)35(18-22-12-7-8-15-25(22)30)27(37)19-36(41(3,39)40)24-14-9-13-23(17-24)29(31,32)33/h4-15,17,20,26H,16,18-19H2,1-3H3,(H,34,38)/t26-/m0/s1. The normalized spacial score (nSPS) is 12.6. The van der Waals surface area contributed by atoms with Crippen LogP contribution in [0.5, 0.6) is 0 Å². The van der Waals surface area contributed by atoms with Gasteiger partial charge in [-0.05, 0) is 43.7 Å². The first-order chi connectivity index (χ1) is 19.2. The predicted octanol–water partition coefficient (Wildman–Crippen LogP) is 4.78. The summed E-state index contributed by atoms with van der Waals surface area (Å²) >= 11 is 0. The largest absolute Gasteiger partial charge is 0.416 e. The number of halogens is 4. The Balaban J connectivity index is 2.09. The fraction of sp³-hybridized carbons (Fsp3) is 0.310. The lowest BCUT2D eigenvalue weighted by molar-refractivity contribution is -0.140. The molecule has 0 heterocycles. The van der Waals surface area contributed by atoms with Gasteiger partial charge in [-0.15, -0.1) is 0 Å². The lowest BCUT2D eigenvalue weighted by Crippen LogP contribution is -2.54. The van der Waals surface area contributed by atoms with E-state index in [1.165, 1.54) is 18.2 Å². The molecule has 12 heteroatoms. The van der Waals surface area contributed by atoms with Crippen molar-refractivity contribution in [2.24, 2.45) is 0 Å². The van der Waals surface area contributed by atoms with Crippen molar-refractivity contribution < 1.29 is 35.6 Å². The first-order valence-electron chi connectivity index (χ1n) is 12.7. The van der Waals surface area contributed by atoms with Crippen LogP contribution in [0.1, 0.15) is 30.5 Å². The molecule has 0 saturated carbocycles. The van der Waals surface area contributed by atoms with Gasteiger partial charge in [0, 0.05) is 24.6 Å². The average molecular weight is 594 g/mol. The fourth-order valence-corrected chi connectivity index (χ4v) is 5.04. The molecule has 0 saturated heterocycles. The van der Waals surface area contributed by atoms with Gasteiger partial charge in [-0.1, -0.05) is 54.6 Å². The van der Waals surface area contributed by atoms with Crippen molar-refractivity contribution in [3.05, 3.63) is 101 Å². The molecule has 1 atom stereocenters. The van der Waals surface area contributed by atoms with Crippen LogP contribution in [0.4, 0.5) is 23.2 Å². The molecule has 1 N–H and O–H groups in total. The first kappa shape index (κ1) is 31.6. The van der Waals surface area contributed by atoms with Gasteiger partial charge >= 0.3 is 6.18 Å². The van der Waals surface area contributed by atoms with E-state index in [9.17, 15) is 35.6 Å².